The van der Waals surface area contributed by atoms with Gasteiger partial charge in [-0.2, -0.15) is 5.10 Å². The lowest BCUT2D eigenvalue weighted by molar-refractivity contribution is 0.260. The Morgan fingerprint density at radius 2 is 1.91 bits per heavy atom. The van der Waals surface area contributed by atoms with E-state index in [0.29, 0.717) is 0 Å². The van der Waals surface area contributed by atoms with E-state index < -0.39 is 0 Å². The normalized spacial score (nSPS) is 16.1. The second-order valence-corrected chi connectivity index (χ2v) is 5.90. The van der Waals surface area contributed by atoms with Gasteiger partial charge in [-0.3, -0.25) is 10.00 Å². The van der Waals surface area contributed by atoms with E-state index in [1.165, 1.54) is 5.56 Å². The maximum atomic E-state index is 4.53. The molecule has 6 heteroatoms. The standard InChI is InChI=1S/C17H20N6/c1-2-4-16-15(3-1)17(19-13-18-16)23-9-7-22(8-10-23)6-5-14-11-20-21-12-14/h1-4,11-13H,5-10H2,(H,20,21). The molecule has 23 heavy (non-hydrogen) atoms. The Kier molecular flexibility index (Phi) is 3.90. The van der Waals surface area contributed by atoms with Crippen molar-refractivity contribution in [3.05, 3.63) is 48.5 Å². The summed E-state index contributed by atoms with van der Waals surface area (Å²) in [5, 5.41) is 8.01. The molecule has 0 radical (unpaired) electrons. The van der Waals surface area contributed by atoms with Crippen LogP contribution in [0.2, 0.25) is 0 Å². The van der Waals surface area contributed by atoms with E-state index in [9.17, 15) is 0 Å². The number of benzene rings is 1. The Bertz CT molecular complexity index is 756. The molecule has 1 saturated heterocycles. The molecule has 1 fully saturated rings. The molecule has 0 aliphatic carbocycles. The summed E-state index contributed by atoms with van der Waals surface area (Å²) < 4.78 is 0. The number of rotatable bonds is 4. The van der Waals surface area contributed by atoms with E-state index in [2.05, 4.69) is 42.1 Å². The van der Waals surface area contributed by atoms with Crippen molar-refractivity contribution < 1.29 is 0 Å². The van der Waals surface area contributed by atoms with Gasteiger partial charge in [0.15, 0.2) is 0 Å². The van der Waals surface area contributed by atoms with Crippen LogP contribution >= 0.6 is 0 Å². The molecular weight excluding hydrogens is 288 g/mol. The summed E-state index contributed by atoms with van der Waals surface area (Å²) >= 11 is 0. The van der Waals surface area contributed by atoms with Crippen molar-refractivity contribution in [3.8, 4) is 0 Å². The minimum Gasteiger partial charge on any atom is -0.353 e. The molecule has 0 spiro atoms. The number of H-pyrrole nitrogens is 1. The third-order valence-electron chi connectivity index (χ3n) is 4.47. The SMILES string of the molecule is c1ccc2c(N3CCN(CCc4cn[nH]c4)CC3)ncnc2c1. The lowest BCUT2D eigenvalue weighted by Crippen LogP contribution is -2.47. The molecule has 1 aromatic carbocycles. The van der Waals surface area contributed by atoms with Gasteiger partial charge in [0.2, 0.25) is 0 Å². The van der Waals surface area contributed by atoms with Gasteiger partial charge in [-0.1, -0.05) is 12.1 Å². The number of aromatic amines is 1. The molecule has 4 rings (SSSR count). The number of fused-ring (bicyclic) bond motifs is 1. The molecule has 2 aromatic heterocycles. The Labute approximate surface area is 135 Å². The number of aromatic nitrogens is 4. The first-order chi connectivity index (χ1) is 11.4. The van der Waals surface area contributed by atoms with Crippen molar-refractivity contribution in [2.45, 2.75) is 6.42 Å². The van der Waals surface area contributed by atoms with Crippen molar-refractivity contribution in [2.24, 2.45) is 0 Å². The maximum Gasteiger partial charge on any atom is 0.139 e. The number of hydrogen-bond acceptors (Lipinski definition) is 5. The summed E-state index contributed by atoms with van der Waals surface area (Å²) in [6.07, 6.45) is 6.60. The molecule has 0 amide bonds. The molecule has 0 saturated carbocycles. The number of hydrogen-bond donors (Lipinski definition) is 1. The highest BCUT2D eigenvalue weighted by Gasteiger charge is 2.19. The molecule has 1 aliphatic heterocycles. The first-order valence-electron chi connectivity index (χ1n) is 8.05. The molecule has 0 bridgehead atoms. The first kappa shape index (κ1) is 14.1. The van der Waals surface area contributed by atoms with E-state index >= 15 is 0 Å². The number of nitrogens with one attached hydrogen (secondary N) is 1. The van der Waals surface area contributed by atoms with Gasteiger partial charge < -0.3 is 4.90 Å². The average molecular weight is 308 g/mol. The fourth-order valence-electron chi connectivity index (χ4n) is 3.13. The Balaban J connectivity index is 1.41. The maximum absolute atomic E-state index is 4.53. The van der Waals surface area contributed by atoms with E-state index in [1.54, 1.807) is 6.33 Å². The van der Waals surface area contributed by atoms with Crippen LogP contribution in [-0.4, -0.2) is 57.8 Å². The minimum absolute atomic E-state index is 1.01. The smallest absolute Gasteiger partial charge is 0.139 e. The highest BCUT2D eigenvalue weighted by molar-refractivity contribution is 5.89. The van der Waals surface area contributed by atoms with Crippen LogP contribution in [0.15, 0.2) is 43.0 Å². The van der Waals surface area contributed by atoms with Gasteiger partial charge in [0, 0.05) is 44.3 Å². The number of anilines is 1. The van der Waals surface area contributed by atoms with Crippen molar-refractivity contribution in [3.63, 3.8) is 0 Å². The van der Waals surface area contributed by atoms with Gasteiger partial charge in [0.05, 0.1) is 11.7 Å². The quantitative estimate of drug-likeness (QED) is 0.795. The Morgan fingerprint density at radius 3 is 2.74 bits per heavy atom. The summed E-state index contributed by atoms with van der Waals surface area (Å²) in [4.78, 5) is 13.8. The molecular formula is C17H20N6. The summed E-state index contributed by atoms with van der Waals surface area (Å²) in [6.45, 7) is 5.23. The van der Waals surface area contributed by atoms with Crippen LogP contribution in [0, 0.1) is 0 Å². The third kappa shape index (κ3) is 3.03. The molecule has 1 N–H and O–H groups in total. The van der Waals surface area contributed by atoms with Crippen LogP contribution in [0.25, 0.3) is 10.9 Å². The van der Waals surface area contributed by atoms with Gasteiger partial charge in [0.25, 0.3) is 0 Å². The fraction of sp³-hybridized carbons (Fsp3) is 0.353. The average Bonchev–Trinajstić information content (AvgIpc) is 3.14. The van der Waals surface area contributed by atoms with E-state index in [1.807, 2.05) is 24.5 Å². The third-order valence-corrected chi connectivity index (χ3v) is 4.47. The first-order valence-corrected chi connectivity index (χ1v) is 8.05. The Hall–Kier alpha value is -2.47. The largest absolute Gasteiger partial charge is 0.353 e. The molecule has 6 nitrogen and oxygen atoms in total. The predicted octanol–water partition coefficient (Wildman–Crippen LogP) is 1.72. The monoisotopic (exact) mass is 308 g/mol. The van der Waals surface area contributed by atoms with Gasteiger partial charge in [-0.25, -0.2) is 9.97 Å². The second kappa shape index (κ2) is 6.34. The number of piperazine rings is 1. The molecule has 3 aromatic rings. The van der Waals surface area contributed by atoms with Crippen LogP contribution in [-0.2, 0) is 6.42 Å². The van der Waals surface area contributed by atoms with Crippen molar-refractivity contribution in [1.82, 2.24) is 25.1 Å². The van der Waals surface area contributed by atoms with Crippen molar-refractivity contribution in [1.29, 1.82) is 0 Å². The van der Waals surface area contributed by atoms with Crippen molar-refractivity contribution >= 4 is 16.7 Å². The molecule has 0 unspecified atom stereocenters. The van der Waals surface area contributed by atoms with Crippen LogP contribution < -0.4 is 4.90 Å². The van der Waals surface area contributed by atoms with Gasteiger partial charge in [-0.05, 0) is 24.1 Å². The zero-order valence-electron chi connectivity index (χ0n) is 13.0. The summed E-state index contributed by atoms with van der Waals surface area (Å²) in [7, 11) is 0. The highest BCUT2D eigenvalue weighted by Crippen LogP contribution is 2.23. The summed E-state index contributed by atoms with van der Waals surface area (Å²) in [5.41, 5.74) is 2.29. The zero-order valence-corrected chi connectivity index (χ0v) is 13.0. The van der Waals surface area contributed by atoms with Crippen molar-refractivity contribution in [2.75, 3.05) is 37.6 Å². The molecule has 1 aliphatic rings. The Morgan fingerprint density at radius 1 is 1.04 bits per heavy atom. The lowest BCUT2D eigenvalue weighted by Gasteiger charge is -2.35. The molecule has 3 heterocycles. The summed E-state index contributed by atoms with van der Waals surface area (Å²) in [6, 6.07) is 8.22. The van der Waals surface area contributed by atoms with Gasteiger partial charge >= 0.3 is 0 Å². The number of nitrogens with zero attached hydrogens (tertiary/aromatic N) is 5. The van der Waals surface area contributed by atoms with E-state index in [0.717, 1.165) is 55.9 Å². The van der Waals surface area contributed by atoms with Crippen LogP contribution in [0.3, 0.4) is 0 Å². The van der Waals surface area contributed by atoms with E-state index in [4.69, 9.17) is 0 Å². The van der Waals surface area contributed by atoms with E-state index in [-0.39, 0.29) is 0 Å². The highest BCUT2D eigenvalue weighted by atomic mass is 15.3. The molecule has 0 atom stereocenters. The minimum atomic E-state index is 1.01. The fourth-order valence-corrected chi connectivity index (χ4v) is 3.13. The lowest BCUT2D eigenvalue weighted by atomic mass is 10.2. The van der Waals surface area contributed by atoms with Crippen LogP contribution in [0.4, 0.5) is 5.82 Å². The van der Waals surface area contributed by atoms with Gasteiger partial charge in [-0.15, -0.1) is 0 Å². The number of para-hydroxylation sites is 1. The zero-order chi connectivity index (χ0) is 15.5. The van der Waals surface area contributed by atoms with Crippen LogP contribution in [0.1, 0.15) is 5.56 Å². The molecule has 118 valence electrons. The summed E-state index contributed by atoms with van der Waals surface area (Å²) in [5.74, 6) is 1.06. The second-order valence-electron chi connectivity index (χ2n) is 5.90. The predicted molar refractivity (Wildman–Crippen MR) is 90.5 cm³/mol. The van der Waals surface area contributed by atoms with Crippen LogP contribution in [0.5, 0.6) is 0 Å². The topological polar surface area (TPSA) is 60.9 Å². The van der Waals surface area contributed by atoms with Gasteiger partial charge in [0.1, 0.15) is 12.1 Å².